The van der Waals surface area contributed by atoms with Gasteiger partial charge < -0.3 is 5.32 Å². The van der Waals surface area contributed by atoms with Crippen molar-refractivity contribution in [1.29, 1.82) is 0 Å². The summed E-state index contributed by atoms with van der Waals surface area (Å²) in [5.41, 5.74) is 1.48. The van der Waals surface area contributed by atoms with Gasteiger partial charge in [-0.3, -0.25) is 0 Å². The molecule has 19 heavy (non-hydrogen) atoms. The van der Waals surface area contributed by atoms with Crippen LogP contribution in [0.2, 0.25) is 0 Å². The van der Waals surface area contributed by atoms with Crippen LogP contribution >= 0.6 is 0 Å². The molecule has 2 aromatic carbocycles. The molecule has 0 saturated carbocycles. The summed E-state index contributed by atoms with van der Waals surface area (Å²) < 4.78 is 0. The van der Waals surface area contributed by atoms with Crippen molar-refractivity contribution in [3.63, 3.8) is 0 Å². The zero-order valence-electron chi connectivity index (χ0n) is 12.3. The summed E-state index contributed by atoms with van der Waals surface area (Å²) in [6.07, 6.45) is 2.41. The van der Waals surface area contributed by atoms with Crippen LogP contribution in [-0.4, -0.2) is 12.6 Å². The van der Waals surface area contributed by atoms with Crippen LogP contribution in [-0.2, 0) is 6.42 Å². The highest BCUT2D eigenvalue weighted by Crippen LogP contribution is 2.20. The number of nitrogens with one attached hydrogen (secondary N) is 1. The molecule has 0 aromatic heterocycles. The van der Waals surface area contributed by atoms with Gasteiger partial charge in [-0.2, -0.15) is 0 Å². The van der Waals surface area contributed by atoms with Crippen molar-refractivity contribution in [1.82, 2.24) is 5.32 Å². The van der Waals surface area contributed by atoms with E-state index in [1.807, 2.05) is 0 Å². The van der Waals surface area contributed by atoms with Gasteiger partial charge in [-0.05, 0) is 41.6 Å². The Balaban J connectivity index is 1.98. The Morgan fingerprint density at radius 2 is 1.68 bits per heavy atom. The van der Waals surface area contributed by atoms with Gasteiger partial charge in [0.25, 0.3) is 0 Å². The topological polar surface area (TPSA) is 12.0 Å². The molecule has 1 N–H and O–H groups in total. The van der Waals surface area contributed by atoms with E-state index in [1.54, 1.807) is 0 Å². The molecule has 2 aromatic rings. The third-order valence-electron chi connectivity index (χ3n) is 3.66. The standard InChI is InChI=1S/C18H25N/c1-14(2)19-13-15(3)11-12-17-9-6-8-16-7-4-5-10-18(16)17/h4-10,14-15,19H,11-13H2,1-3H3. The fourth-order valence-corrected chi connectivity index (χ4v) is 2.45. The maximum Gasteiger partial charge on any atom is 0.00104 e. The van der Waals surface area contributed by atoms with Crippen molar-refractivity contribution in [2.24, 2.45) is 5.92 Å². The zero-order chi connectivity index (χ0) is 13.7. The van der Waals surface area contributed by atoms with Crippen molar-refractivity contribution >= 4 is 10.8 Å². The Bertz CT molecular complexity index is 511. The third kappa shape index (κ3) is 4.07. The Hall–Kier alpha value is -1.34. The van der Waals surface area contributed by atoms with Gasteiger partial charge in [0.05, 0.1) is 0 Å². The Labute approximate surface area is 117 Å². The van der Waals surface area contributed by atoms with Crippen LogP contribution in [0.5, 0.6) is 0 Å². The minimum atomic E-state index is 0.583. The van der Waals surface area contributed by atoms with Gasteiger partial charge in [-0.1, -0.05) is 63.2 Å². The van der Waals surface area contributed by atoms with E-state index in [0.717, 1.165) is 12.5 Å². The molecule has 0 bridgehead atoms. The fourth-order valence-electron chi connectivity index (χ4n) is 2.45. The molecule has 1 unspecified atom stereocenters. The molecule has 0 amide bonds. The van der Waals surface area contributed by atoms with Crippen molar-refractivity contribution in [2.45, 2.75) is 39.7 Å². The second kappa shape index (κ2) is 6.72. The van der Waals surface area contributed by atoms with Gasteiger partial charge in [-0.25, -0.2) is 0 Å². The zero-order valence-corrected chi connectivity index (χ0v) is 12.3. The average Bonchev–Trinajstić information content (AvgIpc) is 2.42. The lowest BCUT2D eigenvalue weighted by molar-refractivity contribution is 0.454. The highest BCUT2D eigenvalue weighted by molar-refractivity contribution is 5.85. The SMILES string of the molecule is CC(CCc1cccc2ccccc12)CNC(C)C. The van der Waals surface area contributed by atoms with Crippen LogP contribution in [0.15, 0.2) is 42.5 Å². The second-order valence-corrected chi connectivity index (χ2v) is 5.85. The Morgan fingerprint density at radius 3 is 2.47 bits per heavy atom. The third-order valence-corrected chi connectivity index (χ3v) is 3.66. The van der Waals surface area contributed by atoms with Crippen LogP contribution in [0.1, 0.15) is 32.8 Å². The van der Waals surface area contributed by atoms with Crippen molar-refractivity contribution < 1.29 is 0 Å². The number of aryl methyl sites for hydroxylation is 1. The molecule has 0 fully saturated rings. The van der Waals surface area contributed by atoms with Crippen molar-refractivity contribution in [3.05, 3.63) is 48.0 Å². The second-order valence-electron chi connectivity index (χ2n) is 5.85. The first-order valence-electron chi connectivity index (χ1n) is 7.37. The highest BCUT2D eigenvalue weighted by Gasteiger charge is 2.05. The first kappa shape index (κ1) is 14.1. The Kier molecular flexibility index (Phi) is 4.98. The first-order valence-corrected chi connectivity index (χ1v) is 7.37. The summed E-state index contributed by atoms with van der Waals surface area (Å²) >= 11 is 0. The van der Waals surface area contributed by atoms with E-state index in [-0.39, 0.29) is 0 Å². The van der Waals surface area contributed by atoms with Crippen LogP contribution in [0.25, 0.3) is 10.8 Å². The molecule has 0 aliphatic heterocycles. The maximum atomic E-state index is 3.52. The summed E-state index contributed by atoms with van der Waals surface area (Å²) in [6, 6.07) is 15.9. The predicted molar refractivity (Wildman–Crippen MR) is 84.6 cm³/mol. The number of hydrogen-bond acceptors (Lipinski definition) is 1. The minimum absolute atomic E-state index is 0.583. The molecule has 1 atom stereocenters. The first-order chi connectivity index (χ1) is 9.16. The van der Waals surface area contributed by atoms with Crippen LogP contribution in [0.3, 0.4) is 0 Å². The average molecular weight is 255 g/mol. The summed E-state index contributed by atoms with van der Waals surface area (Å²) in [4.78, 5) is 0. The molecular formula is C18H25N. The van der Waals surface area contributed by atoms with Crippen LogP contribution in [0.4, 0.5) is 0 Å². The van der Waals surface area contributed by atoms with Crippen molar-refractivity contribution in [2.75, 3.05) is 6.54 Å². The normalized spacial score (nSPS) is 13.1. The van der Waals surface area contributed by atoms with E-state index in [1.165, 1.54) is 29.2 Å². The van der Waals surface area contributed by atoms with E-state index >= 15 is 0 Å². The fraction of sp³-hybridized carbons (Fsp3) is 0.444. The summed E-state index contributed by atoms with van der Waals surface area (Å²) in [5.74, 6) is 0.723. The van der Waals surface area contributed by atoms with E-state index in [0.29, 0.717) is 6.04 Å². The van der Waals surface area contributed by atoms with Crippen LogP contribution < -0.4 is 5.32 Å². The molecule has 0 saturated heterocycles. The predicted octanol–water partition coefficient (Wildman–Crippen LogP) is 4.41. The summed E-state index contributed by atoms with van der Waals surface area (Å²) in [6.45, 7) is 7.86. The molecule has 2 rings (SSSR count). The summed E-state index contributed by atoms with van der Waals surface area (Å²) in [7, 11) is 0. The van der Waals surface area contributed by atoms with Crippen LogP contribution in [0, 0.1) is 5.92 Å². The van der Waals surface area contributed by atoms with E-state index in [4.69, 9.17) is 0 Å². The molecule has 102 valence electrons. The van der Waals surface area contributed by atoms with Gasteiger partial charge in [0.1, 0.15) is 0 Å². The number of fused-ring (bicyclic) bond motifs is 1. The number of rotatable bonds is 6. The largest absolute Gasteiger partial charge is 0.314 e. The molecule has 0 radical (unpaired) electrons. The smallest absolute Gasteiger partial charge is 0.00104 e. The van der Waals surface area contributed by atoms with E-state index < -0.39 is 0 Å². The Morgan fingerprint density at radius 1 is 0.947 bits per heavy atom. The van der Waals surface area contributed by atoms with E-state index in [2.05, 4.69) is 68.6 Å². The molecule has 0 heterocycles. The van der Waals surface area contributed by atoms with Crippen molar-refractivity contribution in [3.8, 4) is 0 Å². The summed E-state index contributed by atoms with van der Waals surface area (Å²) in [5, 5.41) is 6.28. The molecule has 0 spiro atoms. The number of benzene rings is 2. The lowest BCUT2D eigenvalue weighted by Crippen LogP contribution is -2.28. The highest BCUT2D eigenvalue weighted by atomic mass is 14.9. The minimum Gasteiger partial charge on any atom is -0.314 e. The van der Waals surface area contributed by atoms with Gasteiger partial charge >= 0.3 is 0 Å². The lowest BCUT2D eigenvalue weighted by Gasteiger charge is -2.15. The maximum absolute atomic E-state index is 3.52. The van der Waals surface area contributed by atoms with Gasteiger partial charge in [0.15, 0.2) is 0 Å². The van der Waals surface area contributed by atoms with Gasteiger partial charge in [-0.15, -0.1) is 0 Å². The molecular weight excluding hydrogens is 230 g/mol. The molecule has 0 aliphatic rings. The van der Waals surface area contributed by atoms with Gasteiger partial charge in [0.2, 0.25) is 0 Å². The van der Waals surface area contributed by atoms with Gasteiger partial charge in [0, 0.05) is 6.04 Å². The molecule has 1 nitrogen and oxygen atoms in total. The quantitative estimate of drug-likeness (QED) is 0.806. The van der Waals surface area contributed by atoms with E-state index in [9.17, 15) is 0 Å². The lowest BCUT2D eigenvalue weighted by atomic mass is 9.96. The molecule has 1 heteroatoms. The molecule has 0 aliphatic carbocycles. The number of hydrogen-bond donors (Lipinski definition) is 1. The monoisotopic (exact) mass is 255 g/mol.